The predicted octanol–water partition coefficient (Wildman–Crippen LogP) is 1.74. The topological polar surface area (TPSA) is 47.1 Å². The molecule has 1 aromatic carbocycles. The van der Waals surface area contributed by atoms with Crippen molar-refractivity contribution < 1.29 is 0 Å². The SMILES string of the molecule is Cc1ccc2c(c1)C(CN)N(Cc1nccn1C)C2. The summed E-state index contributed by atoms with van der Waals surface area (Å²) < 4.78 is 2.07. The largest absolute Gasteiger partial charge is 0.337 e. The second-order valence-electron chi connectivity index (χ2n) is 5.31. The van der Waals surface area contributed by atoms with E-state index in [1.165, 1.54) is 16.7 Å². The van der Waals surface area contributed by atoms with E-state index in [9.17, 15) is 0 Å². The van der Waals surface area contributed by atoms with E-state index in [4.69, 9.17) is 5.73 Å². The van der Waals surface area contributed by atoms with Gasteiger partial charge in [0.2, 0.25) is 0 Å². The lowest BCUT2D eigenvalue weighted by atomic mass is 10.0. The van der Waals surface area contributed by atoms with Crippen LogP contribution >= 0.6 is 0 Å². The minimum Gasteiger partial charge on any atom is -0.337 e. The van der Waals surface area contributed by atoms with Crippen molar-refractivity contribution >= 4 is 0 Å². The molecule has 4 heteroatoms. The molecular formula is C15H20N4. The monoisotopic (exact) mass is 256 g/mol. The van der Waals surface area contributed by atoms with Crippen LogP contribution in [0.2, 0.25) is 0 Å². The first-order valence-corrected chi connectivity index (χ1v) is 6.69. The highest BCUT2D eigenvalue weighted by Crippen LogP contribution is 2.34. The van der Waals surface area contributed by atoms with E-state index in [0.717, 1.165) is 18.9 Å². The van der Waals surface area contributed by atoms with Crippen LogP contribution in [0.25, 0.3) is 0 Å². The van der Waals surface area contributed by atoms with Crippen molar-refractivity contribution in [2.75, 3.05) is 6.54 Å². The molecule has 3 rings (SSSR count). The van der Waals surface area contributed by atoms with Crippen LogP contribution in [0, 0.1) is 6.92 Å². The van der Waals surface area contributed by atoms with Gasteiger partial charge < -0.3 is 10.3 Å². The van der Waals surface area contributed by atoms with Crippen molar-refractivity contribution in [3.05, 3.63) is 53.1 Å². The Bertz CT molecular complexity index is 588. The lowest BCUT2D eigenvalue weighted by molar-refractivity contribution is 0.203. The van der Waals surface area contributed by atoms with Gasteiger partial charge >= 0.3 is 0 Å². The number of aromatic nitrogens is 2. The Balaban J connectivity index is 1.87. The first-order valence-electron chi connectivity index (χ1n) is 6.69. The van der Waals surface area contributed by atoms with E-state index in [0.29, 0.717) is 12.6 Å². The molecule has 0 fully saturated rings. The van der Waals surface area contributed by atoms with Crippen LogP contribution in [0.3, 0.4) is 0 Å². The number of benzene rings is 1. The molecule has 2 aromatic rings. The minimum atomic E-state index is 0.312. The molecule has 19 heavy (non-hydrogen) atoms. The van der Waals surface area contributed by atoms with E-state index < -0.39 is 0 Å². The van der Waals surface area contributed by atoms with Crippen molar-refractivity contribution in [1.29, 1.82) is 0 Å². The summed E-state index contributed by atoms with van der Waals surface area (Å²) in [7, 11) is 2.03. The number of nitrogens with two attached hydrogens (primary N) is 1. The van der Waals surface area contributed by atoms with Gasteiger partial charge in [0, 0.05) is 38.6 Å². The standard InChI is InChI=1S/C15H20N4/c1-11-3-4-12-9-19(14(8-16)13(12)7-11)10-15-17-5-6-18(15)2/h3-7,14H,8-10,16H2,1-2H3. The number of nitrogens with zero attached hydrogens (tertiary/aromatic N) is 3. The Labute approximate surface area is 113 Å². The molecule has 0 bridgehead atoms. The Morgan fingerprint density at radius 2 is 2.26 bits per heavy atom. The van der Waals surface area contributed by atoms with Gasteiger partial charge in [-0.05, 0) is 18.1 Å². The molecule has 2 heterocycles. The van der Waals surface area contributed by atoms with Gasteiger partial charge in [-0.2, -0.15) is 0 Å². The summed E-state index contributed by atoms with van der Waals surface area (Å²) in [6.07, 6.45) is 3.83. The third-order valence-corrected chi connectivity index (χ3v) is 3.96. The quantitative estimate of drug-likeness (QED) is 0.910. The summed E-state index contributed by atoms with van der Waals surface area (Å²) in [5, 5.41) is 0. The average Bonchev–Trinajstić information content (AvgIpc) is 2.93. The minimum absolute atomic E-state index is 0.312. The molecule has 1 aliphatic heterocycles. The first kappa shape index (κ1) is 12.4. The molecule has 0 radical (unpaired) electrons. The van der Waals surface area contributed by atoms with Crippen molar-refractivity contribution in [2.45, 2.75) is 26.1 Å². The van der Waals surface area contributed by atoms with Crippen molar-refractivity contribution in [3.63, 3.8) is 0 Å². The van der Waals surface area contributed by atoms with E-state index in [2.05, 4.69) is 39.6 Å². The highest BCUT2D eigenvalue weighted by Gasteiger charge is 2.29. The van der Waals surface area contributed by atoms with Crippen molar-refractivity contribution in [3.8, 4) is 0 Å². The second kappa shape index (κ2) is 4.79. The molecule has 1 aliphatic rings. The summed E-state index contributed by atoms with van der Waals surface area (Å²) in [5.74, 6) is 1.09. The van der Waals surface area contributed by atoms with Crippen LogP contribution in [-0.4, -0.2) is 21.0 Å². The van der Waals surface area contributed by atoms with Crippen LogP contribution in [-0.2, 0) is 20.1 Å². The van der Waals surface area contributed by atoms with Crippen LogP contribution in [0.1, 0.15) is 28.6 Å². The zero-order valence-electron chi connectivity index (χ0n) is 11.5. The highest BCUT2D eigenvalue weighted by atomic mass is 15.2. The maximum absolute atomic E-state index is 5.99. The fraction of sp³-hybridized carbons (Fsp3) is 0.400. The van der Waals surface area contributed by atoms with E-state index >= 15 is 0 Å². The molecule has 0 amide bonds. The summed E-state index contributed by atoms with van der Waals surface area (Å²) >= 11 is 0. The molecule has 0 aliphatic carbocycles. The summed E-state index contributed by atoms with van der Waals surface area (Å²) in [6.45, 7) is 4.60. The lowest BCUT2D eigenvalue weighted by Crippen LogP contribution is -2.28. The molecule has 0 spiro atoms. The molecule has 100 valence electrons. The number of fused-ring (bicyclic) bond motifs is 1. The van der Waals surface area contributed by atoms with Gasteiger partial charge in [-0.25, -0.2) is 4.98 Å². The smallest absolute Gasteiger partial charge is 0.122 e. The number of rotatable bonds is 3. The summed E-state index contributed by atoms with van der Waals surface area (Å²) in [6, 6.07) is 6.99. The van der Waals surface area contributed by atoms with Gasteiger partial charge in [-0.3, -0.25) is 4.90 Å². The summed E-state index contributed by atoms with van der Waals surface area (Å²) in [5.41, 5.74) is 10.1. The third-order valence-electron chi connectivity index (χ3n) is 3.96. The van der Waals surface area contributed by atoms with Crippen LogP contribution in [0.15, 0.2) is 30.6 Å². The van der Waals surface area contributed by atoms with Crippen molar-refractivity contribution in [1.82, 2.24) is 14.5 Å². The number of imidazole rings is 1. The fourth-order valence-electron chi connectivity index (χ4n) is 2.87. The van der Waals surface area contributed by atoms with Crippen molar-refractivity contribution in [2.24, 2.45) is 12.8 Å². The van der Waals surface area contributed by atoms with Crippen LogP contribution in [0.4, 0.5) is 0 Å². The van der Waals surface area contributed by atoms with Crippen LogP contribution < -0.4 is 5.73 Å². The zero-order chi connectivity index (χ0) is 13.4. The Kier molecular flexibility index (Phi) is 3.12. The Morgan fingerprint density at radius 3 is 2.95 bits per heavy atom. The summed E-state index contributed by atoms with van der Waals surface area (Å²) in [4.78, 5) is 6.82. The average molecular weight is 256 g/mol. The van der Waals surface area contributed by atoms with Gasteiger partial charge in [0.05, 0.1) is 6.54 Å². The van der Waals surface area contributed by atoms with E-state index in [-0.39, 0.29) is 0 Å². The number of aryl methyl sites for hydroxylation is 2. The molecule has 1 unspecified atom stereocenters. The van der Waals surface area contributed by atoms with Crippen LogP contribution in [0.5, 0.6) is 0 Å². The first-order chi connectivity index (χ1) is 9.19. The Morgan fingerprint density at radius 1 is 1.42 bits per heavy atom. The molecule has 1 aromatic heterocycles. The molecule has 0 saturated heterocycles. The predicted molar refractivity (Wildman–Crippen MR) is 75.4 cm³/mol. The van der Waals surface area contributed by atoms with Gasteiger partial charge in [-0.1, -0.05) is 23.8 Å². The van der Waals surface area contributed by atoms with Gasteiger partial charge in [0.1, 0.15) is 5.82 Å². The molecule has 0 saturated carbocycles. The van der Waals surface area contributed by atoms with Gasteiger partial charge in [0.15, 0.2) is 0 Å². The maximum Gasteiger partial charge on any atom is 0.122 e. The van der Waals surface area contributed by atoms with Gasteiger partial charge in [0.25, 0.3) is 0 Å². The normalized spacial score (nSPS) is 18.8. The van der Waals surface area contributed by atoms with Gasteiger partial charge in [-0.15, -0.1) is 0 Å². The lowest BCUT2D eigenvalue weighted by Gasteiger charge is -2.23. The Hall–Kier alpha value is -1.65. The molecular weight excluding hydrogens is 236 g/mol. The third kappa shape index (κ3) is 2.17. The highest BCUT2D eigenvalue weighted by molar-refractivity contribution is 5.37. The maximum atomic E-state index is 5.99. The number of hydrogen-bond acceptors (Lipinski definition) is 3. The fourth-order valence-corrected chi connectivity index (χ4v) is 2.87. The van der Waals surface area contributed by atoms with E-state index in [1.54, 1.807) is 0 Å². The molecule has 4 nitrogen and oxygen atoms in total. The van der Waals surface area contributed by atoms with E-state index in [1.807, 2.05) is 19.4 Å². The number of hydrogen-bond donors (Lipinski definition) is 1. The second-order valence-corrected chi connectivity index (χ2v) is 5.31. The zero-order valence-corrected chi connectivity index (χ0v) is 11.5. The molecule has 1 atom stereocenters. The molecule has 2 N–H and O–H groups in total.